The summed E-state index contributed by atoms with van der Waals surface area (Å²) in [6.45, 7) is 0. The number of halogens is 1. The molecule has 70 valence electrons. The Morgan fingerprint density at radius 3 is 2.77 bits per heavy atom. The van der Waals surface area contributed by atoms with E-state index in [4.69, 9.17) is 23.8 Å². The van der Waals surface area contributed by atoms with Gasteiger partial charge in [0.05, 0.1) is 16.2 Å². The minimum atomic E-state index is 0. The Kier molecular flexibility index (Phi) is 3.44. The van der Waals surface area contributed by atoms with Crippen molar-refractivity contribution in [2.45, 2.75) is 6.00 Å². The maximum Gasteiger partial charge on any atom is 0.163 e. The predicted octanol–water partition coefficient (Wildman–Crippen LogP) is 2.80. The Morgan fingerprint density at radius 2 is 2.08 bits per heavy atom. The average molecular weight is 234 g/mol. The van der Waals surface area contributed by atoms with Crippen molar-refractivity contribution in [2.75, 3.05) is 0 Å². The van der Waals surface area contributed by atoms with Gasteiger partial charge in [-0.25, -0.2) is 0 Å². The quantitative estimate of drug-likeness (QED) is 0.551. The highest BCUT2D eigenvalue weighted by Gasteiger charge is 2.01. The summed E-state index contributed by atoms with van der Waals surface area (Å²) in [5, 5.41) is 0. The van der Waals surface area contributed by atoms with Crippen molar-refractivity contribution in [1.82, 2.24) is 4.57 Å². The highest BCUT2D eigenvalue weighted by atomic mass is 35.5. The lowest BCUT2D eigenvalue weighted by atomic mass is 10.3. The van der Waals surface area contributed by atoms with Crippen LogP contribution >= 0.6 is 35.2 Å². The Balaban J connectivity index is 0.000000845. The number of para-hydroxylation sites is 1. The Labute approximate surface area is 89.7 Å². The highest BCUT2D eigenvalue weighted by Crippen LogP contribution is 2.22. The van der Waals surface area contributed by atoms with Crippen molar-refractivity contribution < 1.29 is 5.48 Å². The first-order chi connectivity index (χ1) is 5.83. The van der Waals surface area contributed by atoms with Crippen molar-refractivity contribution in [3.63, 3.8) is 0 Å². The normalized spacial score (nSPS) is 9.92. The summed E-state index contributed by atoms with van der Waals surface area (Å²) in [6.07, 6.45) is 0. The molecular weight excluding hydrogens is 226 g/mol. The number of alkyl halides is 1. The van der Waals surface area contributed by atoms with Crippen LogP contribution < -0.4 is 0 Å². The molecule has 5 heteroatoms. The van der Waals surface area contributed by atoms with Gasteiger partial charge in [-0.1, -0.05) is 12.1 Å². The molecule has 0 amide bonds. The zero-order valence-electron chi connectivity index (χ0n) is 6.66. The van der Waals surface area contributed by atoms with Gasteiger partial charge in [0.15, 0.2) is 3.95 Å². The van der Waals surface area contributed by atoms with E-state index in [9.17, 15) is 0 Å². The monoisotopic (exact) mass is 233 g/mol. The zero-order valence-corrected chi connectivity index (χ0v) is 9.05. The molecule has 0 aliphatic heterocycles. The third kappa shape index (κ3) is 1.76. The number of benzene rings is 1. The lowest BCUT2D eigenvalue weighted by Crippen LogP contribution is -1.89. The van der Waals surface area contributed by atoms with Gasteiger partial charge in [0.1, 0.15) is 0 Å². The number of hydrogen-bond donors (Lipinski definition) is 0. The molecule has 0 unspecified atom stereocenters. The molecule has 1 heterocycles. The van der Waals surface area contributed by atoms with Crippen LogP contribution in [0.25, 0.3) is 10.2 Å². The number of nitrogens with zero attached hydrogens (tertiary/aromatic N) is 1. The van der Waals surface area contributed by atoms with Gasteiger partial charge < -0.3 is 10.0 Å². The third-order valence-electron chi connectivity index (χ3n) is 1.69. The van der Waals surface area contributed by atoms with Crippen LogP contribution in [-0.2, 0) is 6.00 Å². The van der Waals surface area contributed by atoms with Crippen LogP contribution in [0.3, 0.4) is 0 Å². The average Bonchev–Trinajstić information content (AvgIpc) is 2.40. The van der Waals surface area contributed by atoms with Gasteiger partial charge in [0.25, 0.3) is 0 Å². The minimum absolute atomic E-state index is 0. The number of hydrogen-bond acceptors (Lipinski definition) is 2. The standard InChI is InChI=1S/C8H6ClNS2.H2O/c9-5-10-6-3-1-2-4-7(6)12-8(10)11;/h1-4H,5H2;1H2. The van der Waals surface area contributed by atoms with Crippen molar-refractivity contribution >= 4 is 45.4 Å². The van der Waals surface area contributed by atoms with E-state index in [1.54, 1.807) is 11.3 Å². The molecule has 0 bridgehead atoms. The van der Waals surface area contributed by atoms with E-state index in [-0.39, 0.29) is 5.48 Å². The van der Waals surface area contributed by atoms with E-state index in [0.717, 1.165) is 9.47 Å². The van der Waals surface area contributed by atoms with Crippen LogP contribution in [-0.4, -0.2) is 10.0 Å². The van der Waals surface area contributed by atoms with Crippen LogP contribution in [0.2, 0.25) is 0 Å². The molecule has 0 aliphatic rings. The van der Waals surface area contributed by atoms with E-state index in [1.807, 2.05) is 22.8 Å². The zero-order chi connectivity index (χ0) is 8.55. The van der Waals surface area contributed by atoms with E-state index < -0.39 is 0 Å². The number of aromatic nitrogens is 1. The van der Waals surface area contributed by atoms with Crippen LogP contribution in [0.15, 0.2) is 24.3 Å². The fraction of sp³-hybridized carbons (Fsp3) is 0.125. The molecule has 2 nitrogen and oxygen atoms in total. The Bertz CT molecular complexity index is 462. The first-order valence-electron chi connectivity index (χ1n) is 3.47. The van der Waals surface area contributed by atoms with Crippen LogP contribution in [0, 0.1) is 3.95 Å². The molecule has 0 saturated heterocycles. The van der Waals surface area contributed by atoms with E-state index in [2.05, 4.69) is 6.07 Å². The van der Waals surface area contributed by atoms with Crippen molar-refractivity contribution in [3.8, 4) is 0 Å². The van der Waals surface area contributed by atoms with Crippen LogP contribution in [0.4, 0.5) is 0 Å². The number of thiazole rings is 1. The summed E-state index contributed by atoms with van der Waals surface area (Å²) in [7, 11) is 0. The number of rotatable bonds is 1. The molecule has 2 rings (SSSR count). The lowest BCUT2D eigenvalue weighted by molar-refractivity contribution is 0.824. The van der Waals surface area contributed by atoms with Gasteiger partial charge in [-0.05, 0) is 24.4 Å². The molecular formula is C8H8ClNOS2. The second kappa shape index (κ2) is 4.19. The largest absolute Gasteiger partial charge is 0.412 e. The summed E-state index contributed by atoms with van der Waals surface area (Å²) in [5.41, 5.74) is 1.13. The smallest absolute Gasteiger partial charge is 0.163 e. The van der Waals surface area contributed by atoms with E-state index in [1.165, 1.54) is 4.70 Å². The van der Waals surface area contributed by atoms with Crippen LogP contribution in [0.5, 0.6) is 0 Å². The SMILES string of the molecule is O.S=c1sc2ccccc2n1CCl. The van der Waals surface area contributed by atoms with Gasteiger partial charge in [0, 0.05) is 0 Å². The van der Waals surface area contributed by atoms with E-state index >= 15 is 0 Å². The first kappa shape index (κ1) is 10.7. The minimum Gasteiger partial charge on any atom is -0.412 e. The molecule has 1 aromatic carbocycles. The van der Waals surface area contributed by atoms with E-state index in [0.29, 0.717) is 6.00 Å². The van der Waals surface area contributed by atoms with Crippen molar-refractivity contribution in [3.05, 3.63) is 28.2 Å². The molecule has 0 atom stereocenters. The molecule has 0 radical (unpaired) electrons. The fourth-order valence-electron chi connectivity index (χ4n) is 1.13. The molecule has 0 saturated carbocycles. The van der Waals surface area contributed by atoms with Crippen LogP contribution in [0.1, 0.15) is 0 Å². The Hall–Kier alpha value is -0.420. The molecule has 0 spiro atoms. The van der Waals surface area contributed by atoms with Gasteiger partial charge in [-0.15, -0.1) is 22.9 Å². The summed E-state index contributed by atoms with van der Waals surface area (Å²) in [6, 6.07) is 8.52. The highest BCUT2D eigenvalue weighted by molar-refractivity contribution is 7.73. The number of fused-ring (bicyclic) bond motifs is 1. The van der Waals surface area contributed by atoms with Gasteiger partial charge >= 0.3 is 0 Å². The summed E-state index contributed by atoms with van der Waals surface area (Å²) < 4.78 is 3.96. The second-order valence-corrected chi connectivity index (χ2v) is 4.30. The Morgan fingerprint density at radius 1 is 1.38 bits per heavy atom. The molecule has 2 aromatic rings. The third-order valence-corrected chi connectivity index (χ3v) is 3.36. The molecule has 0 aliphatic carbocycles. The second-order valence-electron chi connectivity index (χ2n) is 2.38. The predicted molar refractivity (Wildman–Crippen MR) is 60.1 cm³/mol. The summed E-state index contributed by atoms with van der Waals surface area (Å²) >= 11 is 12.5. The summed E-state index contributed by atoms with van der Waals surface area (Å²) in [5.74, 6) is 0. The van der Waals surface area contributed by atoms with Gasteiger partial charge in [-0.3, -0.25) is 0 Å². The molecule has 2 N–H and O–H groups in total. The lowest BCUT2D eigenvalue weighted by Gasteiger charge is -1.95. The van der Waals surface area contributed by atoms with Gasteiger partial charge in [0.2, 0.25) is 0 Å². The maximum atomic E-state index is 5.76. The first-order valence-corrected chi connectivity index (χ1v) is 5.23. The topological polar surface area (TPSA) is 36.4 Å². The molecule has 1 aromatic heterocycles. The van der Waals surface area contributed by atoms with Crippen molar-refractivity contribution in [1.29, 1.82) is 0 Å². The van der Waals surface area contributed by atoms with Gasteiger partial charge in [-0.2, -0.15) is 0 Å². The fourth-order valence-corrected chi connectivity index (χ4v) is 2.84. The maximum absolute atomic E-state index is 5.76. The molecule has 13 heavy (non-hydrogen) atoms. The molecule has 0 fully saturated rings. The summed E-state index contributed by atoms with van der Waals surface area (Å²) in [4.78, 5) is 0. The van der Waals surface area contributed by atoms with Crippen molar-refractivity contribution in [2.24, 2.45) is 0 Å².